The van der Waals surface area contributed by atoms with Crippen molar-refractivity contribution in [2.45, 2.75) is 51.5 Å². The van der Waals surface area contributed by atoms with Crippen LogP contribution >= 0.6 is 15.9 Å². The highest BCUT2D eigenvalue weighted by atomic mass is 79.9. The third kappa shape index (κ3) is 4.28. The highest BCUT2D eigenvalue weighted by Crippen LogP contribution is 2.30. The smallest absolute Gasteiger partial charge is 0.137 e. The van der Waals surface area contributed by atoms with Crippen LogP contribution in [-0.4, -0.2) is 12.6 Å². The molecule has 1 nitrogen and oxygen atoms in total. The molecule has 0 bridgehead atoms. The highest BCUT2D eigenvalue weighted by Gasteiger charge is 2.20. The van der Waals surface area contributed by atoms with E-state index in [-0.39, 0.29) is 5.82 Å². The van der Waals surface area contributed by atoms with Gasteiger partial charge in [-0.2, -0.15) is 0 Å². The van der Waals surface area contributed by atoms with Gasteiger partial charge in [0.15, 0.2) is 0 Å². The SMILES string of the molecule is CCNC(Cc1cccc(F)c1Br)CC1CCCC1. The van der Waals surface area contributed by atoms with Crippen LogP contribution in [0.15, 0.2) is 22.7 Å². The van der Waals surface area contributed by atoms with Crippen molar-refractivity contribution in [2.75, 3.05) is 6.54 Å². The van der Waals surface area contributed by atoms with Crippen LogP contribution in [0.3, 0.4) is 0 Å². The lowest BCUT2D eigenvalue weighted by Gasteiger charge is -2.22. The summed E-state index contributed by atoms with van der Waals surface area (Å²) in [6.07, 6.45) is 7.62. The summed E-state index contributed by atoms with van der Waals surface area (Å²) in [5, 5.41) is 3.56. The quantitative estimate of drug-likeness (QED) is 0.799. The number of hydrogen-bond acceptors (Lipinski definition) is 1. The highest BCUT2D eigenvalue weighted by molar-refractivity contribution is 9.10. The lowest BCUT2D eigenvalue weighted by Crippen LogP contribution is -2.32. The number of benzene rings is 1. The number of nitrogens with one attached hydrogen (secondary N) is 1. The fraction of sp³-hybridized carbons (Fsp3) is 0.625. The number of likely N-dealkylation sites (N-methyl/N-ethyl adjacent to an activating group) is 1. The van der Waals surface area contributed by atoms with Gasteiger partial charge in [0, 0.05) is 6.04 Å². The molecule has 0 aliphatic heterocycles. The van der Waals surface area contributed by atoms with Crippen molar-refractivity contribution in [1.82, 2.24) is 5.32 Å². The van der Waals surface area contributed by atoms with Crippen LogP contribution in [0.25, 0.3) is 0 Å². The Labute approximate surface area is 124 Å². The number of rotatable bonds is 6. The molecule has 0 heterocycles. The molecule has 1 saturated carbocycles. The summed E-state index contributed by atoms with van der Waals surface area (Å²) in [7, 11) is 0. The standard InChI is InChI=1S/C16H23BrFN/c1-2-19-14(10-12-6-3-4-7-12)11-13-8-5-9-15(18)16(13)17/h5,8-9,12,14,19H,2-4,6-7,10-11H2,1H3. The van der Waals surface area contributed by atoms with Gasteiger partial charge in [-0.15, -0.1) is 0 Å². The first kappa shape index (κ1) is 15.0. The largest absolute Gasteiger partial charge is 0.314 e. The predicted molar refractivity (Wildman–Crippen MR) is 81.8 cm³/mol. The van der Waals surface area contributed by atoms with Gasteiger partial charge in [-0.1, -0.05) is 44.7 Å². The van der Waals surface area contributed by atoms with Gasteiger partial charge in [0.1, 0.15) is 5.82 Å². The van der Waals surface area contributed by atoms with E-state index in [1.165, 1.54) is 38.2 Å². The minimum absolute atomic E-state index is 0.159. The summed E-state index contributed by atoms with van der Waals surface area (Å²) in [6.45, 7) is 3.12. The van der Waals surface area contributed by atoms with E-state index in [1.807, 2.05) is 6.07 Å². The molecule has 1 aromatic carbocycles. The molecule has 106 valence electrons. The topological polar surface area (TPSA) is 12.0 Å². The Balaban J connectivity index is 2.00. The Morgan fingerprint density at radius 1 is 1.37 bits per heavy atom. The van der Waals surface area contributed by atoms with Crippen molar-refractivity contribution in [3.8, 4) is 0 Å². The van der Waals surface area contributed by atoms with E-state index >= 15 is 0 Å². The number of hydrogen-bond donors (Lipinski definition) is 1. The van der Waals surface area contributed by atoms with Crippen molar-refractivity contribution in [3.63, 3.8) is 0 Å². The average Bonchev–Trinajstić information content (AvgIpc) is 2.88. The molecule has 1 aliphatic rings. The van der Waals surface area contributed by atoms with E-state index in [2.05, 4.69) is 28.2 Å². The van der Waals surface area contributed by atoms with Gasteiger partial charge in [-0.25, -0.2) is 4.39 Å². The third-order valence-electron chi connectivity index (χ3n) is 4.08. The minimum Gasteiger partial charge on any atom is -0.314 e. The molecule has 0 spiro atoms. The van der Waals surface area contributed by atoms with E-state index in [0.29, 0.717) is 10.5 Å². The summed E-state index contributed by atoms with van der Waals surface area (Å²) in [6, 6.07) is 5.79. The fourth-order valence-corrected chi connectivity index (χ4v) is 3.57. The molecule has 19 heavy (non-hydrogen) atoms. The van der Waals surface area contributed by atoms with Gasteiger partial charge in [0.25, 0.3) is 0 Å². The molecular weight excluding hydrogens is 305 g/mol. The fourth-order valence-electron chi connectivity index (χ4n) is 3.15. The molecule has 0 aromatic heterocycles. The molecule has 3 heteroatoms. The monoisotopic (exact) mass is 327 g/mol. The Morgan fingerprint density at radius 3 is 2.79 bits per heavy atom. The van der Waals surface area contributed by atoms with Crippen molar-refractivity contribution in [1.29, 1.82) is 0 Å². The molecule has 0 amide bonds. The maximum absolute atomic E-state index is 13.6. The van der Waals surface area contributed by atoms with Crippen molar-refractivity contribution in [2.24, 2.45) is 5.92 Å². The first-order chi connectivity index (χ1) is 9.20. The third-order valence-corrected chi connectivity index (χ3v) is 4.97. The molecule has 1 N–H and O–H groups in total. The molecule has 1 fully saturated rings. The first-order valence-electron chi connectivity index (χ1n) is 7.37. The normalized spacial score (nSPS) is 17.8. The second kappa shape index (κ2) is 7.39. The van der Waals surface area contributed by atoms with Crippen LogP contribution < -0.4 is 5.32 Å². The second-order valence-corrected chi connectivity index (χ2v) is 6.35. The summed E-state index contributed by atoms with van der Waals surface area (Å²) < 4.78 is 14.2. The predicted octanol–water partition coefficient (Wildman–Crippen LogP) is 4.69. The van der Waals surface area contributed by atoms with Gasteiger partial charge >= 0.3 is 0 Å². The van der Waals surface area contributed by atoms with Gasteiger partial charge in [-0.3, -0.25) is 0 Å². The Kier molecular flexibility index (Phi) is 5.83. The maximum Gasteiger partial charge on any atom is 0.137 e. The molecule has 1 aromatic rings. The molecule has 1 unspecified atom stereocenters. The van der Waals surface area contributed by atoms with Gasteiger partial charge in [0.2, 0.25) is 0 Å². The van der Waals surface area contributed by atoms with Crippen LogP contribution in [0, 0.1) is 11.7 Å². The molecule has 1 atom stereocenters. The van der Waals surface area contributed by atoms with Gasteiger partial charge < -0.3 is 5.32 Å². The molecule has 0 radical (unpaired) electrons. The zero-order chi connectivity index (χ0) is 13.7. The van der Waals surface area contributed by atoms with E-state index in [0.717, 1.165) is 24.4 Å². The van der Waals surface area contributed by atoms with Crippen LogP contribution in [0.2, 0.25) is 0 Å². The summed E-state index contributed by atoms with van der Waals surface area (Å²) >= 11 is 3.37. The Morgan fingerprint density at radius 2 is 2.11 bits per heavy atom. The van der Waals surface area contributed by atoms with Crippen molar-refractivity contribution < 1.29 is 4.39 Å². The average molecular weight is 328 g/mol. The Hall–Kier alpha value is -0.410. The van der Waals surface area contributed by atoms with E-state index < -0.39 is 0 Å². The molecule has 2 rings (SSSR count). The maximum atomic E-state index is 13.6. The van der Waals surface area contributed by atoms with Crippen LogP contribution in [0.1, 0.15) is 44.6 Å². The Bertz CT molecular complexity index is 402. The van der Waals surface area contributed by atoms with Gasteiger partial charge in [-0.05, 0) is 52.9 Å². The number of halogens is 2. The summed E-state index contributed by atoms with van der Waals surface area (Å²) in [4.78, 5) is 0. The van der Waals surface area contributed by atoms with Crippen LogP contribution in [-0.2, 0) is 6.42 Å². The second-order valence-electron chi connectivity index (χ2n) is 5.56. The van der Waals surface area contributed by atoms with E-state index in [1.54, 1.807) is 6.07 Å². The lowest BCUT2D eigenvalue weighted by atomic mass is 9.94. The van der Waals surface area contributed by atoms with Crippen molar-refractivity contribution in [3.05, 3.63) is 34.1 Å². The zero-order valence-corrected chi connectivity index (χ0v) is 13.2. The van der Waals surface area contributed by atoms with Crippen LogP contribution in [0.4, 0.5) is 4.39 Å². The molecule has 0 saturated heterocycles. The first-order valence-corrected chi connectivity index (χ1v) is 8.16. The van der Waals surface area contributed by atoms with Gasteiger partial charge in [0.05, 0.1) is 4.47 Å². The van der Waals surface area contributed by atoms with E-state index in [9.17, 15) is 4.39 Å². The lowest BCUT2D eigenvalue weighted by molar-refractivity contribution is 0.389. The van der Waals surface area contributed by atoms with Crippen LogP contribution in [0.5, 0.6) is 0 Å². The van der Waals surface area contributed by atoms with Crippen molar-refractivity contribution >= 4 is 15.9 Å². The summed E-state index contributed by atoms with van der Waals surface area (Å²) in [5.41, 5.74) is 1.07. The summed E-state index contributed by atoms with van der Waals surface area (Å²) in [5.74, 6) is 0.699. The molecule has 1 aliphatic carbocycles. The zero-order valence-electron chi connectivity index (χ0n) is 11.6. The minimum atomic E-state index is -0.159. The molecular formula is C16H23BrFN. The van der Waals surface area contributed by atoms with E-state index in [4.69, 9.17) is 0 Å².